The van der Waals surface area contributed by atoms with E-state index in [9.17, 15) is 2.74 Å². The zero-order chi connectivity index (χ0) is 36.0. The fourth-order valence-electron chi connectivity index (χ4n) is 5.74. The monoisotopic (exact) mass is 517 g/mol. The highest BCUT2D eigenvalue weighted by Crippen LogP contribution is 2.46. The van der Waals surface area contributed by atoms with Crippen LogP contribution in [0.2, 0.25) is 0 Å². The lowest BCUT2D eigenvalue weighted by molar-refractivity contribution is 1.63. The number of hydrogen-bond acceptors (Lipinski definition) is 0. The summed E-state index contributed by atoms with van der Waals surface area (Å²) >= 11 is 0. The fraction of sp³-hybridized carbons (Fsp3) is 0. The van der Waals surface area contributed by atoms with Gasteiger partial charge < -0.3 is 0 Å². The maximum Gasteiger partial charge on any atom is 0.0629 e. The molecule has 8 rings (SSSR count). The molecule has 0 nitrogen and oxygen atoms in total. The molecule has 186 valence electrons. The molecule has 8 aromatic rings. The highest BCUT2D eigenvalue weighted by molar-refractivity contribution is 6.23. The van der Waals surface area contributed by atoms with Gasteiger partial charge in [-0.15, -0.1) is 0 Å². The van der Waals surface area contributed by atoms with Crippen molar-refractivity contribution in [3.8, 4) is 33.4 Å². The summed E-state index contributed by atoms with van der Waals surface area (Å²) in [5.41, 5.74) is 1.91. The van der Waals surface area contributed by atoms with Gasteiger partial charge in [0, 0.05) is 0 Å². The number of fused-ring (bicyclic) bond motifs is 4. The van der Waals surface area contributed by atoms with E-state index in [1.54, 1.807) is 0 Å². The van der Waals surface area contributed by atoms with Crippen LogP contribution >= 0.6 is 0 Å². The van der Waals surface area contributed by atoms with Crippen LogP contribution in [0.15, 0.2) is 157 Å². The molecule has 0 heterocycles. The van der Waals surface area contributed by atoms with Crippen molar-refractivity contribution in [3.05, 3.63) is 157 Å². The van der Waals surface area contributed by atoms with Crippen molar-refractivity contribution in [2.75, 3.05) is 0 Å². The second-order valence-corrected chi connectivity index (χ2v) is 9.65. The predicted octanol–water partition coefficient (Wildman–Crippen LogP) is 11.3. The molecule has 0 aliphatic heterocycles. The van der Waals surface area contributed by atoms with Gasteiger partial charge in [-0.25, -0.2) is 0 Å². The molecule has 0 atom stereocenters. The molecule has 0 aliphatic rings. The van der Waals surface area contributed by atoms with Crippen LogP contribution in [0, 0.1) is 0 Å². The molecule has 0 spiro atoms. The third-order valence-electron chi connectivity index (χ3n) is 7.47. The van der Waals surface area contributed by atoms with Gasteiger partial charge in [-0.3, -0.25) is 0 Å². The lowest BCUT2D eigenvalue weighted by atomic mass is 9.83. The van der Waals surface area contributed by atoms with E-state index in [0.29, 0.717) is 16.3 Å². The van der Waals surface area contributed by atoms with E-state index in [0.717, 1.165) is 32.7 Å². The molecule has 0 saturated carbocycles. The third kappa shape index (κ3) is 3.54. The molecule has 0 saturated heterocycles. The van der Waals surface area contributed by atoms with Crippen molar-refractivity contribution >= 4 is 43.1 Å². The van der Waals surface area contributed by atoms with Gasteiger partial charge in [-0.2, -0.15) is 0 Å². The zero-order valence-electron chi connectivity index (χ0n) is 32.2. The summed E-state index contributed by atoms with van der Waals surface area (Å²) in [4.78, 5) is 0. The standard InChI is InChI=1S/C40H26/c1-2-14-29-26-30(25-24-27(29)12-1)39-35-19-7-9-21-37(35)40(38-22-10-8-20-36(38)39)34-18-6-5-17-33(34)32-23-11-15-28-13-3-4-16-31(28)32/h1-26H/i3D,4D,5D,6D,11D,13D,15D,16D,17D,18D,23D. The van der Waals surface area contributed by atoms with Crippen LogP contribution in [0.5, 0.6) is 0 Å². The van der Waals surface area contributed by atoms with Gasteiger partial charge in [0.1, 0.15) is 0 Å². The van der Waals surface area contributed by atoms with Gasteiger partial charge in [-0.05, 0) is 82.5 Å². The molecule has 8 aromatic carbocycles. The molecule has 0 unspecified atom stereocenters. The quantitative estimate of drug-likeness (QED) is 0.204. The van der Waals surface area contributed by atoms with Crippen LogP contribution in [0.3, 0.4) is 0 Å². The molecular formula is C40H26. The summed E-state index contributed by atoms with van der Waals surface area (Å²) in [7, 11) is 0. The van der Waals surface area contributed by atoms with Crippen molar-refractivity contribution < 1.29 is 15.1 Å². The first-order chi connectivity index (χ1) is 24.4. The Morgan fingerprint density at radius 1 is 0.350 bits per heavy atom. The SMILES string of the molecule is [2H]c1c([2H])c([2H])c(-c2c([2H])c([2H])c([2H])c3c([2H])c([2H])c([2H])c([2H])c23)c(-c2c3ccccc3c(-c3ccc4ccccc4c3)c3ccccc23)c1[2H]. The summed E-state index contributed by atoms with van der Waals surface area (Å²) in [5, 5.41) is 4.52. The second kappa shape index (κ2) is 9.22. The summed E-state index contributed by atoms with van der Waals surface area (Å²) in [6.45, 7) is 0. The predicted molar refractivity (Wildman–Crippen MR) is 173 cm³/mol. The molecule has 0 radical (unpaired) electrons. The summed E-state index contributed by atoms with van der Waals surface area (Å²) in [5.74, 6) is 0. The topological polar surface area (TPSA) is 0 Å². The Morgan fingerprint density at radius 3 is 1.65 bits per heavy atom. The Bertz CT molecular complexity index is 2760. The lowest BCUT2D eigenvalue weighted by Gasteiger charge is -2.20. The van der Waals surface area contributed by atoms with Crippen LogP contribution in [0.4, 0.5) is 0 Å². The Morgan fingerprint density at radius 2 is 0.900 bits per heavy atom. The summed E-state index contributed by atoms with van der Waals surface area (Å²) in [6.07, 6.45) is 0. The smallest absolute Gasteiger partial charge is 0.0616 e. The first kappa shape index (κ1) is 14.3. The van der Waals surface area contributed by atoms with E-state index >= 15 is 0 Å². The number of rotatable bonds is 3. The van der Waals surface area contributed by atoms with E-state index in [-0.39, 0.29) is 27.5 Å². The molecule has 40 heavy (non-hydrogen) atoms. The first-order valence-electron chi connectivity index (χ1n) is 18.5. The minimum Gasteiger partial charge on any atom is -0.0616 e. The summed E-state index contributed by atoms with van der Waals surface area (Å²) < 4.78 is 97.0. The van der Waals surface area contributed by atoms with Gasteiger partial charge in [-0.1, -0.05) is 151 Å². The Hall–Kier alpha value is -5.20. The largest absolute Gasteiger partial charge is 0.0629 e. The number of hydrogen-bond donors (Lipinski definition) is 0. The van der Waals surface area contributed by atoms with Crippen molar-refractivity contribution in [2.45, 2.75) is 0 Å². The number of benzene rings is 8. The van der Waals surface area contributed by atoms with Gasteiger partial charge >= 0.3 is 0 Å². The maximum atomic E-state index is 9.38. The Kier molecular flexibility index (Phi) is 3.29. The minimum absolute atomic E-state index is 0.0257. The third-order valence-corrected chi connectivity index (χ3v) is 7.47. The molecular weight excluding hydrogens is 480 g/mol. The van der Waals surface area contributed by atoms with Crippen molar-refractivity contribution in [1.29, 1.82) is 0 Å². The highest BCUT2D eigenvalue weighted by Gasteiger charge is 2.19. The first-order valence-corrected chi connectivity index (χ1v) is 13.0. The van der Waals surface area contributed by atoms with Crippen molar-refractivity contribution in [2.24, 2.45) is 0 Å². The van der Waals surface area contributed by atoms with Crippen LogP contribution < -0.4 is 0 Å². The molecule has 0 amide bonds. The Labute approximate surface area is 249 Å². The van der Waals surface area contributed by atoms with E-state index in [4.69, 9.17) is 12.3 Å². The minimum atomic E-state index is -0.623. The van der Waals surface area contributed by atoms with Crippen LogP contribution in [0.1, 0.15) is 15.1 Å². The molecule has 0 aliphatic carbocycles. The van der Waals surface area contributed by atoms with Crippen LogP contribution in [0.25, 0.3) is 76.5 Å². The molecule has 0 bridgehead atoms. The van der Waals surface area contributed by atoms with E-state index in [1.807, 2.05) is 72.8 Å². The fourth-order valence-corrected chi connectivity index (χ4v) is 5.74. The van der Waals surface area contributed by atoms with Crippen LogP contribution in [-0.4, -0.2) is 0 Å². The normalized spacial score (nSPS) is 15.3. The average molecular weight is 518 g/mol. The molecule has 0 N–H and O–H groups in total. The van der Waals surface area contributed by atoms with E-state index < -0.39 is 66.5 Å². The van der Waals surface area contributed by atoms with Gasteiger partial charge in [0.25, 0.3) is 0 Å². The zero-order valence-corrected chi connectivity index (χ0v) is 21.2. The second-order valence-electron chi connectivity index (χ2n) is 9.65. The van der Waals surface area contributed by atoms with Crippen molar-refractivity contribution in [3.63, 3.8) is 0 Å². The van der Waals surface area contributed by atoms with E-state index in [2.05, 4.69) is 18.2 Å². The Balaban J connectivity index is 1.61. The average Bonchev–Trinajstić information content (AvgIpc) is 3.15. The molecule has 0 aromatic heterocycles. The van der Waals surface area contributed by atoms with Crippen LogP contribution in [-0.2, 0) is 0 Å². The molecule has 0 heteroatoms. The maximum absolute atomic E-state index is 9.38. The lowest BCUT2D eigenvalue weighted by Crippen LogP contribution is -1.93. The van der Waals surface area contributed by atoms with Gasteiger partial charge in [0.15, 0.2) is 0 Å². The van der Waals surface area contributed by atoms with Crippen molar-refractivity contribution in [1.82, 2.24) is 0 Å². The molecule has 0 fully saturated rings. The van der Waals surface area contributed by atoms with Gasteiger partial charge in [0.2, 0.25) is 0 Å². The van der Waals surface area contributed by atoms with Gasteiger partial charge in [0.05, 0.1) is 15.1 Å². The highest BCUT2D eigenvalue weighted by atomic mass is 14.2. The van der Waals surface area contributed by atoms with E-state index in [1.165, 1.54) is 0 Å². The summed E-state index contributed by atoms with van der Waals surface area (Å²) in [6, 6.07) is 23.3.